The number of nitrogens with zero attached hydrogens (tertiary/aromatic N) is 1. The Labute approximate surface area is 131 Å². The second kappa shape index (κ2) is 6.56. The van der Waals surface area contributed by atoms with Crippen LogP contribution in [0.2, 0.25) is 0 Å². The van der Waals surface area contributed by atoms with E-state index in [-0.39, 0.29) is 0 Å². The van der Waals surface area contributed by atoms with Crippen LogP contribution in [0.4, 0.5) is 5.69 Å². The molecule has 0 fully saturated rings. The van der Waals surface area contributed by atoms with Crippen LogP contribution in [0.1, 0.15) is 5.56 Å². The van der Waals surface area contributed by atoms with E-state index in [2.05, 4.69) is 35.2 Å². The molecule has 0 aliphatic heterocycles. The van der Waals surface area contributed by atoms with Gasteiger partial charge < -0.3 is 0 Å². The van der Waals surface area contributed by atoms with Crippen LogP contribution in [-0.2, 0) is 0 Å². The molecule has 0 radical (unpaired) electrons. The third-order valence-corrected chi connectivity index (χ3v) is 3.40. The molecule has 0 bridgehead atoms. The fourth-order valence-electron chi connectivity index (χ4n) is 2.26. The van der Waals surface area contributed by atoms with Gasteiger partial charge in [0, 0.05) is 5.56 Å². The van der Waals surface area contributed by atoms with E-state index >= 15 is 0 Å². The maximum atomic E-state index is 5.62. The fraction of sp³-hybridized carbons (Fsp3) is 0. The Morgan fingerprint density at radius 2 is 1.23 bits per heavy atom. The van der Waals surface area contributed by atoms with Crippen LogP contribution in [0.5, 0.6) is 0 Å². The summed E-state index contributed by atoms with van der Waals surface area (Å²) < 4.78 is 0. The number of hydrogen-bond acceptors (Lipinski definition) is 1. The number of rotatable bonds is 3. The van der Waals surface area contributed by atoms with Gasteiger partial charge in [-0.15, -0.1) is 6.42 Å². The summed E-state index contributed by atoms with van der Waals surface area (Å²) in [4.78, 5) is 4.53. The van der Waals surface area contributed by atoms with Gasteiger partial charge in [0.2, 0.25) is 0 Å². The number of benzene rings is 3. The molecule has 0 saturated heterocycles. The standard InChI is InChI=1S/C21H15N/c1-2-21(22-20-11-7-4-8-12-20)19-15-13-18(14-16-19)17-9-5-3-6-10-17/h1,3-16H. The molecule has 0 saturated carbocycles. The van der Waals surface area contributed by atoms with Gasteiger partial charge in [0.1, 0.15) is 5.71 Å². The molecule has 0 heterocycles. The lowest BCUT2D eigenvalue weighted by molar-refractivity contribution is 1.51. The van der Waals surface area contributed by atoms with Gasteiger partial charge >= 0.3 is 0 Å². The zero-order chi connectivity index (χ0) is 15.2. The van der Waals surface area contributed by atoms with Crippen LogP contribution >= 0.6 is 0 Å². The van der Waals surface area contributed by atoms with Crippen molar-refractivity contribution < 1.29 is 0 Å². The zero-order valence-electron chi connectivity index (χ0n) is 12.1. The molecule has 104 valence electrons. The molecule has 0 aliphatic carbocycles. The van der Waals surface area contributed by atoms with Crippen molar-refractivity contribution in [1.82, 2.24) is 0 Å². The zero-order valence-corrected chi connectivity index (χ0v) is 12.1. The first-order valence-electron chi connectivity index (χ1n) is 7.13. The molecule has 1 heteroatoms. The van der Waals surface area contributed by atoms with Gasteiger partial charge in [0.15, 0.2) is 0 Å². The molecule has 0 spiro atoms. The Morgan fingerprint density at radius 3 is 1.82 bits per heavy atom. The van der Waals surface area contributed by atoms with E-state index in [0.29, 0.717) is 5.71 Å². The van der Waals surface area contributed by atoms with Gasteiger partial charge in [-0.2, -0.15) is 0 Å². The van der Waals surface area contributed by atoms with Crippen LogP contribution in [0.15, 0.2) is 89.9 Å². The lowest BCUT2D eigenvalue weighted by Crippen LogP contribution is -1.96. The first-order valence-corrected chi connectivity index (χ1v) is 7.13. The fourth-order valence-corrected chi connectivity index (χ4v) is 2.26. The maximum Gasteiger partial charge on any atom is 0.120 e. The Kier molecular flexibility index (Phi) is 4.13. The van der Waals surface area contributed by atoms with Crippen molar-refractivity contribution in [3.05, 3.63) is 90.5 Å². The second-order valence-electron chi connectivity index (χ2n) is 4.88. The first kappa shape index (κ1) is 13.9. The third kappa shape index (κ3) is 3.13. The highest BCUT2D eigenvalue weighted by atomic mass is 14.7. The highest BCUT2D eigenvalue weighted by Gasteiger charge is 2.02. The Hall–Kier alpha value is -3.11. The van der Waals surface area contributed by atoms with Gasteiger partial charge in [-0.05, 0) is 29.2 Å². The van der Waals surface area contributed by atoms with E-state index in [9.17, 15) is 0 Å². The van der Waals surface area contributed by atoms with E-state index in [0.717, 1.165) is 11.3 Å². The second-order valence-corrected chi connectivity index (χ2v) is 4.88. The molecule has 3 aromatic carbocycles. The van der Waals surface area contributed by atoms with Crippen molar-refractivity contribution in [2.75, 3.05) is 0 Å². The van der Waals surface area contributed by atoms with E-state index in [1.165, 1.54) is 11.1 Å². The molecule has 0 aliphatic rings. The summed E-state index contributed by atoms with van der Waals surface area (Å²) in [5.74, 6) is 2.68. The summed E-state index contributed by atoms with van der Waals surface area (Å²) >= 11 is 0. The number of para-hydroxylation sites is 1. The van der Waals surface area contributed by atoms with Gasteiger partial charge in [0.05, 0.1) is 5.69 Å². The highest BCUT2D eigenvalue weighted by molar-refractivity contribution is 6.13. The predicted octanol–water partition coefficient (Wildman–Crippen LogP) is 5.11. The van der Waals surface area contributed by atoms with E-state index in [1.807, 2.05) is 60.7 Å². The Balaban J connectivity index is 1.92. The summed E-state index contributed by atoms with van der Waals surface area (Å²) in [6.45, 7) is 0. The quantitative estimate of drug-likeness (QED) is 0.467. The minimum Gasteiger partial charge on any atom is -0.239 e. The molecule has 1 nitrogen and oxygen atoms in total. The summed E-state index contributed by atoms with van der Waals surface area (Å²) in [7, 11) is 0. The average Bonchev–Trinajstić information content (AvgIpc) is 2.61. The number of hydrogen-bond donors (Lipinski definition) is 0. The normalized spacial score (nSPS) is 11.0. The number of terminal acetylenes is 1. The van der Waals surface area contributed by atoms with Gasteiger partial charge in [-0.25, -0.2) is 4.99 Å². The lowest BCUT2D eigenvalue weighted by Gasteiger charge is -2.04. The van der Waals surface area contributed by atoms with Crippen molar-refractivity contribution >= 4 is 11.4 Å². The molecular weight excluding hydrogens is 266 g/mol. The van der Waals surface area contributed by atoms with Crippen LogP contribution < -0.4 is 0 Å². The molecular formula is C21H15N. The van der Waals surface area contributed by atoms with Gasteiger partial charge in [-0.1, -0.05) is 72.8 Å². The first-order chi connectivity index (χ1) is 10.9. The van der Waals surface area contributed by atoms with Crippen LogP contribution in [0.25, 0.3) is 11.1 Å². The topological polar surface area (TPSA) is 12.4 Å². The van der Waals surface area contributed by atoms with Gasteiger partial charge in [-0.3, -0.25) is 0 Å². The summed E-state index contributed by atoms with van der Waals surface area (Å²) in [5, 5.41) is 0. The highest BCUT2D eigenvalue weighted by Crippen LogP contribution is 2.20. The van der Waals surface area contributed by atoms with Crippen molar-refractivity contribution in [3.63, 3.8) is 0 Å². The SMILES string of the molecule is C#CC(=Nc1ccccc1)c1ccc(-c2ccccc2)cc1. The van der Waals surface area contributed by atoms with Crippen molar-refractivity contribution in [3.8, 4) is 23.5 Å². The summed E-state index contributed by atoms with van der Waals surface area (Å²) in [5.41, 5.74) is 4.82. The smallest absolute Gasteiger partial charge is 0.120 e. The largest absolute Gasteiger partial charge is 0.239 e. The lowest BCUT2D eigenvalue weighted by atomic mass is 10.0. The predicted molar refractivity (Wildman–Crippen MR) is 93.4 cm³/mol. The number of aliphatic imine (C=N–C) groups is 1. The summed E-state index contributed by atoms with van der Waals surface area (Å²) in [6, 6.07) is 28.2. The molecule has 0 N–H and O–H groups in total. The minimum absolute atomic E-state index is 0.644. The average molecular weight is 281 g/mol. The van der Waals surface area contributed by atoms with Crippen LogP contribution in [-0.4, -0.2) is 5.71 Å². The van der Waals surface area contributed by atoms with E-state index in [1.54, 1.807) is 0 Å². The Morgan fingerprint density at radius 1 is 0.682 bits per heavy atom. The summed E-state index contributed by atoms with van der Waals surface area (Å²) in [6.07, 6.45) is 5.62. The van der Waals surface area contributed by atoms with E-state index < -0.39 is 0 Å². The molecule has 3 rings (SSSR count). The van der Waals surface area contributed by atoms with Crippen molar-refractivity contribution in [1.29, 1.82) is 0 Å². The van der Waals surface area contributed by atoms with E-state index in [4.69, 9.17) is 6.42 Å². The molecule has 0 amide bonds. The van der Waals surface area contributed by atoms with Gasteiger partial charge in [0.25, 0.3) is 0 Å². The molecule has 3 aromatic rings. The minimum atomic E-state index is 0.644. The van der Waals surface area contributed by atoms with Crippen molar-refractivity contribution in [2.45, 2.75) is 0 Å². The van der Waals surface area contributed by atoms with Crippen molar-refractivity contribution in [2.24, 2.45) is 4.99 Å². The maximum absolute atomic E-state index is 5.62. The molecule has 0 atom stereocenters. The molecule has 0 unspecified atom stereocenters. The van der Waals surface area contributed by atoms with Crippen LogP contribution in [0, 0.1) is 12.3 Å². The molecule has 0 aromatic heterocycles. The van der Waals surface area contributed by atoms with Crippen LogP contribution in [0.3, 0.4) is 0 Å². The third-order valence-electron chi connectivity index (χ3n) is 3.40. The monoisotopic (exact) mass is 281 g/mol. The molecule has 22 heavy (non-hydrogen) atoms. The Bertz CT molecular complexity index is 807.